The summed E-state index contributed by atoms with van der Waals surface area (Å²) >= 11 is 0. The molecule has 2 rings (SSSR count). The molecule has 0 fully saturated rings. The van der Waals surface area contributed by atoms with Gasteiger partial charge in [-0.3, -0.25) is 14.4 Å². The molecule has 0 radical (unpaired) electrons. The van der Waals surface area contributed by atoms with Gasteiger partial charge in [-0.2, -0.15) is 18.3 Å². The van der Waals surface area contributed by atoms with Crippen LogP contribution in [0.1, 0.15) is 42.0 Å². The molecule has 0 bridgehead atoms. The number of aryl methyl sites for hydroxylation is 1. The number of nitrogens with zero attached hydrogens (tertiary/aromatic N) is 2. The summed E-state index contributed by atoms with van der Waals surface area (Å²) in [4.78, 5) is 36.5. The number of halogens is 3. The molecule has 156 valence electrons. The molecule has 1 heterocycles. The first-order valence-electron chi connectivity index (χ1n) is 8.91. The molecule has 2 amide bonds. The summed E-state index contributed by atoms with van der Waals surface area (Å²) in [5, 5.41) is 8.91. The van der Waals surface area contributed by atoms with Crippen LogP contribution in [0.15, 0.2) is 35.1 Å². The lowest BCUT2D eigenvalue weighted by Gasteiger charge is -2.15. The topological polar surface area (TPSA) is 93.1 Å². The molecule has 1 aromatic carbocycles. The van der Waals surface area contributed by atoms with E-state index in [2.05, 4.69) is 15.7 Å². The second-order valence-electron chi connectivity index (χ2n) is 6.44. The lowest BCUT2D eigenvalue weighted by atomic mass is 10.2. The zero-order valence-corrected chi connectivity index (χ0v) is 16.1. The van der Waals surface area contributed by atoms with Gasteiger partial charge in [-0.15, -0.1) is 0 Å². The highest BCUT2D eigenvalue weighted by Crippen LogP contribution is 2.30. The first kappa shape index (κ1) is 22.1. The molecule has 1 atom stereocenters. The number of hydrogen-bond acceptors (Lipinski definition) is 4. The minimum atomic E-state index is -4.55. The fourth-order valence-electron chi connectivity index (χ4n) is 2.51. The molecule has 0 aliphatic rings. The molecule has 0 saturated carbocycles. The number of hydrogen-bond donors (Lipinski definition) is 2. The third-order valence-corrected chi connectivity index (χ3v) is 4.03. The normalized spacial score (nSPS) is 12.3. The van der Waals surface area contributed by atoms with E-state index in [9.17, 15) is 27.6 Å². The van der Waals surface area contributed by atoms with Crippen molar-refractivity contribution in [3.63, 3.8) is 0 Å². The molecule has 1 aromatic heterocycles. The highest BCUT2D eigenvalue weighted by atomic mass is 19.4. The summed E-state index contributed by atoms with van der Waals surface area (Å²) in [6, 6.07) is 4.54. The Morgan fingerprint density at radius 1 is 1.24 bits per heavy atom. The fraction of sp³-hybridized carbons (Fsp3) is 0.368. The van der Waals surface area contributed by atoms with Crippen molar-refractivity contribution in [3.8, 4) is 5.69 Å². The Bertz CT molecular complexity index is 970. The van der Waals surface area contributed by atoms with E-state index in [4.69, 9.17) is 0 Å². The molecule has 2 aromatic rings. The van der Waals surface area contributed by atoms with Crippen molar-refractivity contribution < 1.29 is 22.8 Å². The van der Waals surface area contributed by atoms with E-state index in [1.165, 1.54) is 26.0 Å². The maximum absolute atomic E-state index is 13.0. The van der Waals surface area contributed by atoms with Crippen LogP contribution in [0.3, 0.4) is 0 Å². The predicted molar refractivity (Wildman–Crippen MR) is 99.8 cm³/mol. The average molecular weight is 410 g/mol. The maximum Gasteiger partial charge on any atom is 0.416 e. The SMILES string of the molecule is CCCNC(=O)C(C)NC(=O)c1nn(-c2cccc(C(F)(F)F)c2)c(C)cc1=O. The highest BCUT2D eigenvalue weighted by Gasteiger charge is 2.30. The van der Waals surface area contributed by atoms with Crippen LogP contribution in [0.5, 0.6) is 0 Å². The van der Waals surface area contributed by atoms with Gasteiger partial charge in [-0.05, 0) is 38.5 Å². The number of carbonyl (C=O) groups is 2. The molecule has 2 N–H and O–H groups in total. The van der Waals surface area contributed by atoms with Crippen molar-refractivity contribution in [2.45, 2.75) is 39.4 Å². The van der Waals surface area contributed by atoms with Gasteiger partial charge in [-0.1, -0.05) is 13.0 Å². The van der Waals surface area contributed by atoms with Crippen molar-refractivity contribution in [2.24, 2.45) is 0 Å². The van der Waals surface area contributed by atoms with E-state index in [-0.39, 0.29) is 11.4 Å². The Morgan fingerprint density at radius 3 is 2.55 bits per heavy atom. The summed E-state index contributed by atoms with van der Waals surface area (Å²) in [7, 11) is 0. The number of rotatable bonds is 6. The second-order valence-corrected chi connectivity index (χ2v) is 6.44. The van der Waals surface area contributed by atoms with E-state index >= 15 is 0 Å². The number of alkyl halides is 3. The van der Waals surface area contributed by atoms with Crippen molar-refractivity contribution in [3.05, 3.63) is 57.5 Å². The Hall–Kier alpha value is -3.17. The molecule has 0 aliphatic heterocycles. The predicted octanol–water partition coefficient (Wildman–Crippen LogP) is 2.20. The summed E-state index contributed by atoms with van der Waals surface area (Å²) < 4.78 is 40.0. The van der Waals surface area contributed by atoms with E-state index < -0.39 is 40.7 Å². The summed E-state index contributed by atoms with van der Waals surface area (Å²) in [6.45, 7) is 5.24. The Morgan fingerprint density at radius 2 is 1.93 bits per heavy atom. The van der Waals surface area contributed by atoms with Crippen LogP contribution in [-0.4, -0.2) is 34.2 Å². The standard InChI is InChI=1S/C19H21F3N4O3/c1-4-8-23-17(28)12(3)24-18(29)16-15(27)9-11(2)26(25-16)14-7-5-6-13(10-14)19(20,21)22/h5-7,9-10,12H,4,8H2,1-3H3,(H,23,28)(H,24,29). The number of benzene rings is 1. The summed E-state index contributed by atoms with van der Waals surface area (Å²) in [5.74, 6) is -1.32. The van der Waals surface area contributed by atoms with Gasteiger partial charge in [0.2, 0.25) is 11.3 Å². The summed E-state index contributed by atoms with van der Waals surface area (Å²) in [5.41, 5.74) is -1.82. The molecule has 29 heavy (non-hydrogen) atoms. The number of nitrogens with one attached hydrogen (secondary N) is 2. The third-order valence-electron chi connectivity index (χ3n) is 4.03. The van der Waals surface area contributed by atoms with Gasteiger partial charge in [0.05, 0.1) is 11.3 Å². The van der Waals surface area contributed by atoms with Crippen LogP contribution in [0.2, 0.25) is 0 Å². The number of amides is 2. The van der Waals surface area contributed by atoms with Gasteiger partial charge >= 0.3 is 6.18 Å². The van der Waals surface area contributed by atoms with Gasteiger partial charge in [0.15, 0.2) is 5.69 Å². The maximum atomic E-state index is 13.0. The zero-order chi connectivity index (χ0) is 21.8. The largest absolute Gasteiger partial charge is 0.416 e. The van der Waals surface area contributed by atoms with Gasteiger partial charge in [0.1, 0.15) is 6.04 Å². The molecule has 0 spiro atoms. The first-order valence-corrected chi connectivity index (χ1v) is 8.91. The molecular weight excluding hydrogens is 389 g/mol. The van der Waals surface area contributed by atoms with E-state index in [1.807, 2.05) is 6.92 Å². The van der Waals surface area contributed by atoms with Gasteiger partial charge in [-0.25, -0.2) is 4.68 Å². The van der Waals surface area contributed by atoms with Crippen LogP contribution in [0.25, 0.3) is 5.69 Å². The molecule has 7 nitrogen and oxygen atoms in total. The minimum absolute atomic E-state index is 0.0418. The minimum Gasteiger partial charge on any atom is -0.354 e. The Labute approximate surface area is 164 Å². The average Bonchev–Trinajstić information content (AvgIpc) is 2.65. The van der Waals surface area contributed by atoms with Crippen molar-refractivity contribution in [1.29, 1.82) is 0 Å². The molecule has 1 unspecified atom stereocenters. The van der Waals surface area contributed by atoms with E-state index in [1.54, 1.807) is 0 Å². The zero-order valence-electron chi connectivity index (χ0n) is 16.1. The van der Waals surface area contributed by atoms with Crippen molar-refractivity contribution in [1.82, 2.24) is 20.4 Å². The van der Waals surface area contributed by atoms with Crippen molar-refractivity contribution in [2.75, 3.05) is 6.54 Å². The van der Waals surface area contributed by atoms with Crippen molar-refractivity contribution >= 4 is 11.8 Å². The fourth-order valence-corrected chi connectivity index (χ4v) is 2.51. The highest BCUT2D eigenvalue weighted by molar-refractivity contribution is 5.95. The van der Waals surface area contributed by atoms with Gasteiger partial charge in [0.25, 0.3) is 5.91 Å². The van der Waals surface area contributed by atoms with Gasteiger partial charge < -0.3 is 10.6 Å². The van der Waals surface area contributed by atoms with E-state index in [0.29, 0.717) is 13.0 Å². The van der Waals surface area contributed by atoms with Crippen LogP contribution in [0, 0.1) is 6.92 Å². The molecule has 0 saturated heterocycles. The smallest absolute Gasteiger partial charge is 0.354 e. The monoisotopic (exact) mass is 410 g/mol. The lowest BCUT2D eigenvalue weighted by Crippen LogP contribution is -2.46. The first-order chi connectivity index (χ1) is 13.5. The number of aromatic nitrogens is 2. The van der Waals surface area contributed by atoms with Crippen LogP contribution >= 0.6 is 0 Å². The van der Waals surface area contributed by atoms with Crippen LogP contribution in [0.4, 0.5) is 13.2 Å². The second kappa shape index (κ2) is 8.89. The molecular formula is C19H21F3N4O3. The number of carbonyl (C=O) groups excluding carboxylic acids is 2. The quantitative estimate of drug-likeness (QED) is 0.764. The molecule has 0 aliphatic carbocycles. The van der Waals surface area contributed by atoms with Gasteiger partial charge in [0, 0.05) is 18.3 Å². The van der Waals surface area contributed by atoms with E-state index in [0.717, 1.165) is 22.9 Å². The van der Waals surface area contributed by atoms with Crippen LogP contribution in [-0.2, 0) is 11.0 Å². The Kier molecular flexibility index (Phi) is 6.78. The van der Waals surface area contributed by atoms with Crippen LogP contribution < -0.4 is 16.1 Å². The lowest BCUT2D eigenvalue weighted by molar-refractivity contribution is -0.137. The Balaban J connectivity index is 2.36. The third kappa shape index (κ3) is 5.43. The summed E-state index contributed by atoms with van der Waals surface area (Å²) in [6.07, 6.45) is -3.84. The molecule has 10 heteroatoms.